The lowest BCUT2D eigenvalue weighted by Crippen LogP contribution is -2.37. The minimum Gasteiger partial charge on any atom is -0.393 e. The quantitative estimate of drug-likeness (QED) is 0.648. The predicted octanol–water partition coefficient (Wildman–Crippen LogP) is 1.51. The highest BCUT2D eigenvalue weighted by Gasteiger charge is 2.28. The Morgan fingerprint density at radius 1 is 1.61 bits per heavy atom. The molecular formula is C12H17N3O3. The summed E-state index contributed by atoms with van der Waals surface area (Å²) < 4.78 is 0. The Labute approximate surface area is 105 Å². The van der Waals surface area contributed by atoms with E-state index < -0.39 is 0 Å². The zero-order valence-corrected chi connectivity index (χ0v) is 10.5. The second-order valence-corrected chi connectivity index (χ2v) is 4.96. The van der Waals surface area contributed by atoms with Gasteiger partial charge in [0.25, 0.3) is 5.69 Å². The molecule has 0 atom stereocenters. The molecule has 18 heavy (non-hydrogen) atoms. The molecule has 0 radical (unpaired) electrons. The Kier molecular flexibility index (Phi) is 3.47. The topological polar surface area (TPSA) is 79.5 Å². The van der Waals surface area contributed by atoms with Gasteiger partial charge in [0, 0.05) is 25.4 Å². The number of aromatic nitrogens is 1. The molecule has 1 saturated carbocycles. The van der Waals surface area contributed by atoms with Crippen molar-refractivity contribution in [2.75, 3.05) is 18.5 Å². The first-order valence-electron chi connectivity index (χ1n) is 5.97. The van der Waals surface area contributed by atoms with E-state index in [-0.39, 0.29) is 16.7 Å². The van der Waals surface area contributed by atoms with E-state index in [1.54, 1.807) is 6.92 Å². The maximum absolute atomic E-state index is 10.9. The molecule has 0 amide bonds. The molecule has 2 rings (SSSR count). The van der Waals surface area contributed by atoms with E-state index in [0.717, 1.165) is 19.4 Å². The van der Waals surface area contributed by atoms with Crippen molar-refractivity contribution in [2.24, 2.45) is 5.92 Å². The van der Waals surface area contributed by atoms with E-state index in [1.165, 1.54) is 12.3 Å². The van der Waals surface area contributed by atoms with Crippen molar-refractivity contribution in [2.45, 2.75) is 25.9 Å². The van der Waals surface area contributed by atoms with Gasteiger partial charge in [-0.1, -0.05) is 0 Å². The lowest BCUT2D eigenvalue weighted by atomic mass is 9.82. The number of hydrogen-bond donors (Lipinski definition) is 1. The Bertz CT molecular complexity index is 458. The van der Waals surface area contributed by atoms with Crippen LogP contribution in [0.5, 0.6) is 0 Å². The van der Waals surface area contributed by atoms with Gasteiger partial charge >= 0.3 is 0 Å². The summed E-state index contributed by atoms with van der Waals surface area (Å²) in [4.78, 5) is 16.6. The predicted molar refractivity (Wildman–Crippen MR) is 67.6 cm³/mol. The van der Waals surface area contributed by atoms with Crippen LogP contribution in [0.3, 0.4) is 0 Å². The zero-order chi connectivity index (χ0) is 13.3. The molecule has 98 valence electrons. The van der Waals surface area contributed by atoms with Crippen LogP contribution in [-0.4, -0.2) is 34.7 Å². The molecule has 1 aliphatic rings. The lowest BCUT2D eigenvalue weighted by molar-refractivity contribution is -0.385. The molecule has 1 N–H and O–H groups in total. The standard InChI is InChI=1S/C12H17N3O3/c1-8-6-13-12(5-11(8)15(17)18)14(2)7-9-3-10(16)4-9/h5-6,9-10,16H,3-4,7H2,1-2H3. The molecule has 1 aromatic rings. The molecule has 0 spiro atoms. The Balaban J connectivity index is 2.08. The van der Waals surface area contributed by atoms with E-state index in [1.807, 2.05) is 11.9 Å². The smallest absolute Gasteiger partial charge is 0.277 e. The summed E-state index contributed by atoms with van der Waals surface area (Å²) in [5.74, 6) is 1.06. The normalized spacial score (nSPS) is 22.4. The fourth-order valence-corrected chi connectivity index (χ4v) is 2.24. The summed E-state index contributed by atoms with van der Waals surface area (Å²) in [6, 6.07) is 1.50. The lowest BCUT2D eigenvalue weighted by Gasteiger charge is -2.34. The highest BCUT2D eigenvalue weighted by Crippen LogP contribution is 2.29. The summed E-state index contributed by atoms with van der Waals surface area (Å²) in [6.07, 6.45) is 2.96. The molecule has 0 aromatic carbocycles. The van der Waals surface area contributed by atoms with Crippen LogP contribution in [0, 0.1) is 23.0 Å². The van der Waals surface area contributed by atoms with E-state index in [2.05, 4.69) is 4.98 Å². The number of aliphatic hydroxyl groups is 1. The Hall–Kier alpha value is -1.69. The van der Waals surface area contributed by atoms with Gasteiger partial charge in [0.2, 0.25) is 0 Å². The van der Waals surface area contributed by atoms with Crippen molar-refractivity contribution in [1.29, 1.82) is 0 Å². The summed E-state index contributed by atoms with van der Waals surface area (Å²) in [5, 5.41) is 20.1. The molecule has 6 nitrogen and oxygen atoms in total. The number of pyridine rings is 1. The van der Waals surface area contributed by atoms with E-state index in [4.69, 9.17) is 0 Å². The number of aryl methyl sites for hydroxylation is 1. The van der Waals surface area contributed by atoms with E-state index in [0.29, 0.717) is 17.3 Å². The molecule has 6 heteroatoms. The number of rotatable bonds is 4. The maximum Gasteiger partial charge on any atom is 0.277 e. The molecule has 0 saturated heterocycles. The highest BCUT2D eigenvalue weighted by atomic mass is 16.6. The summed E-state index contributed by atoms with van der Waals surface area (Å²) in [5.41, 5.74) is 0.664. The van der Waals surface area contributed by atoms with Crippen LogP contribution in [0.2, 0.25) is 0 Å². The van der Waals surface area contributed by atoms with Gasteiger partial charge in [0.15, 0.2) is 0 Å². The fourth-order valence-electron chi connectivity index (χ4n) is 2.24. The van der Waals surface area contributed by atoms with Crippen molar-refractivity contribution < 1.29 is 10.0 Å². The van der Waals surface area contributed by atoms with Crippen LogP contribution in [0.25, 0.3) is 0 Å². The van der Waals surface area contributed by atoms with Gasteiger partial charge in [-0.25, -0.2) is 4.98 Å². The third-order valence-electron chi connectivity index (χ3n) is 3.39. The highest BCUT2D eigenvalue weighted by molar-refractivity contribution is 5.50. The first kappa shape index (κ1) is 12.8. The van der Waals surface area contributed by atoms with E-state index in [9.17, 15) is 15.2 Å². The average Bonchev–Trinajstić information content (AvgIpc) is 2.27. The van der Waals surface area contributed by atoms with Crippen molar-refractivity contribution in [1.82, 2.24) is 4.98 Å². The molecule has 1 aliphatic carbocycles. The summed E-state index contributed by atoms with van der Waals surface area (Å²) in [6.45, 7) is 2.45. The molecule has 1 fully saturated rings. The van der Waals surface area contributed by atoms with Gasteiger partial charge in [-0.15, -0.1) is 0 Å². The van der Waals surface area contributed by atoms with Gasteiger partial charge < -0.3 is 10.0 Å². The van der Waals surface area contributed by atoms with Gasteiger partial charge in [0.1, 0.15) is 5.82 Å². The molecule has 1 aromatic heterocycles. The van der Waals surface area contributed by atoms with Gasteiger partial charge in [-0.2, -0.15) is 0 Å². The second-order valence-electron chi connectivity index (χ2n) is 4.96. The Morgan fingerprint density at radius 3 is 2.83 bits per heavy atom. The third-order valence-corrected chi connectivity index (χ3v) is 3.39. The van der Waals surface area contributed by atoms with Crippen molar-refractivity contribution >= 4 is 11.5 Å². The SMILES string of the molecule is Cc1cnc(N(C)CC2CC(O)C2)cc1[N+](=O)[O-]. The van der Waals surface area contributed by atoms with Gasteiger partial charge in [0.05, 0.1) is 17.1 Å². The van der Waals surface area contributed by atoms with Gasteiger partial charge in [-0.05, 0) is 25.7 Å². The van der Waals surface area contributed by atoms with Crippen molar-refractivity contribution in [3.8, 4) is 0 Å². The number of aliphatic hydroxyl groups excluding tert-OH is 1. The van der Waals surface area contributed by atoms with Crippen LogP contribution in [0.1, 0.15) is 18.4 Å². The number of hydrogen-bond acceptors (Lipinski definition) is 5. The number of nitro groups is 1. The van der Waals surface area contributed by atoms with Crippen molar-refractivity contribution in [3.63, 3.8) is 0 Å². The first-order chi connectivity index (χ1) is 8.47. The van der Waals surface area contributed by atoms with Crippen molar-refractivity contribution in [3.05, 3.63) is 27.9 Å². The van der Waals surface area contributed by atoms with Crippen LogP contribution in [0.4, 0.5) is 11.5 Å². The molecule has 0 bridgehead atoms. The minimum atomic E-state index is -0.387. The van der Waals surface area contributed by atoms with Gasteiger partial charge in [-0.3, -0.25) is 10.1 Å². The number of anilines is 1. The summed E-state index contributed by atoms with van der Waals surface area (Å²) >= 11 is 0. The average molecular weight is 251 g/mol. The van der Waals surface area contributed by atoms with Crippen LogP contribution >= 0.6 is 0 Å². The van der Waals surface area contributed by atoms with Crippen LogP contribution in [-0.2, 0) is 0 Å². The molecular weight excluding hydrogens is 234 g/mol. The fraction of sp³-hybridized carbons (Fsp3) is 0.583. The summed E-state index contributed by atoms with van der Waals surface area (Å²) in [7, 11) is 1.87. The Morgan fingerprint density at radius 2 is 2.28 bits per heavy atom. The van der Waals surface area contributed by atoms with E-state index >= 15 is 0 Å². The molecule has 0 aliphatic heterocycles. The molecule has 0 unspecified atom stereocenters. The van der Waals surface area contributed by atoms with Crippen LogP contribution in [0.15, 0.2) is 12.3 Å². The van der Waals surface area contributed by atoms with Crippen LogP contribution < -0.4 is 4.90 Å². The second kappa shape index (κ2) is 4.89. The largest absolute Gasteiger partial charge is 0.393 e. The maximum atomic E-state index is 10.9. The first-order valence-corrected chi connectivity index (χ1v) is 5.97. The third kappa shape index (κ3) is 2.59. The zero-order valence-electron chi connectivity index (χ0n) is 10.5. The molecule has 1 heterocycles. The minimum absolute atomic E-state index is 0.0977. The number of nitrogens with zero attached hydrogens (tertiary/aromatic N) is 3. The monoisotopic (exact) mass is 251 g/mol.